The number of carbonyl (C=O) groups is 1. The summed E-state index contributed by atoms with van der Waals surface area (Å²) in [6.07, 6.45) is 2.66. The fraction of sp³-hybridized carbons (Fsp3) is 0.0882. The lowest BCUT2D eigenvalue weighted by atomic mass is 9.98. The van der Waals surface area contributed by atoms with Gasteiger partial charge in [0.1, 0.15) is 5.82 Å². The Labute approximate surface area is 242 Å². The van der Waals surface area contributed by atoms with Crippen molar-refractivity contribution in [3.8, 4) is 22.4 Å². The van der Waals surface area contributed by atoms with E-state index in [0.717, 1.165) is 53.1 Å². The molecule has 0 saturated carbocycles. The zero-order valence-corrected chi connectivity index (χ0v) is 22.6. The van der Waals surface area contributed by atoms with Crippen molar-refractivity contribution in [3.05, 3.63) is 132 Å². The van der Waals surface area contributed by atoms with Crippen LogP contribution in [0.1, 0.15) is 21.5 Å². The lowest BCUT2D eigenvalue weighted by Gasteiger charge is -2.17. The van der Waals surface area contributed by atoms with Crippen LogP contribution in [0.25, 0.3) is 27.9 Å². The smallest absolute Gasteiger partial charge is 0.255 e. The van der Waals surface area contributed by atoms with E-state index in [1.807, 2.05) is 78.9 Å². The van der Waals surface area contributed by atoms with Crippen LogP contribution in [0, 0.1) is 5.82 Å². The molecule has 0 bridgehead atoms. The van der Waals surface area contributed by atoms with Gasteiger partial charge in [-0.2, -0.15) is 5.10 Å². The fourth-order valence-corrected chi connectivity index (χ4v) is 5.23. The molecule has 1 amide bonds. The zero-order valence-electron chi connectivity index (χ0n) is 22.6. The molecule has 3 N–H and O–H groups in total. The molecule has 3 heterocycles. The Morgan fingerprint density at radius 3 is 2.29 bits per heavy atom. The summed E-state index contributed by atoms with van der Waals surface area (Å²) in [6, 6.07) is 31.8. The summed E-state index contributed by atoms with van der Waals surface area (Å²) in [5.41, 5.74) is 9.23. The molecule has 0 radical (unpaired) electrons. The number of hydrogen-bond acceptors (Lipinski definition) is 5. The number of carbonyl (C=O) groups excluding carboxylic acids is 1. The molecule has 0 fully saturated rings. The van der Waals surface area contributed by atoms with Crippen LogP contribution in [-0.4, -0.2) is 27.0 Å². The first kappa shape index (κ1) is 25.6. The molecule has 8 heteroatoms. The minimum absolute atomic E-state index is 0.130. The summed E-state index contributed by atoms with van der Waals surface area (Å²) in [4.78, 5) is 17.8. The van der Waals surface area contributed by atoms with Crippen LogP contribution in [0.4, 0.5) is 21.7 Å². The highest BCUT2D eigenvalue weighted by atomic mass is 19.1. The van der Waals surface area contributed by atoms with Crippen molar-refractivity contribution in [1.29, 1.82) is 0 Å². The molecule has 0 unspecified atom stereocenters. The van der Waals surface area contributed by atoms with E-state index in [-0.39, 0.29) is 11.7 Å². The van der Waals surface area contributed by atoms with Crippen LogP contribution < -0.4 is 16.0 Å². The second-order valence-corrected chi connectivity index (χ2v) is 10.3. The first-order valence-electron chi connectivity index (χ1n) is 13.8. The van der Waals surface area contributed by atoms with E-state index in [0.29, 0.717) is 17.2 Å². The summed E-state index contributed by atoms with van der Waals surface area (Å²) in [6.45, 7) is 1.77. The summed E-state index contributed by atoms with van der Waals surface area (Å²) < 4.78 is 15.1. The first-order valence-corrected chi connectivity index (χ1v) is 13.8. The van der Waals surface area contributed by atoms with Gasteiger partial charge in [0, 0.05) is 29.0 Å². The summed E-state index contributed by atoms with van der Waals surface area (Å²) in [5.74, 6) is 0.182. The van der Waals surface area contributed by atoms with Crippen molar-refractivity contribution in [2.45, 2.75) is 13.0 Å². The number of fused-ring (bicyclic) bond motifs is 2. The lowest BCUT2D eigenvalue weighted by molar-refractivity contribution is 0.102. The number of hydrogen-bond donors (Lipinski definition) is 3. The second kappa shape index (κ2) is 10.9. The second-order valence-electron chi connectivity index (χ2n) is 10.3. The van der Waals surface area contributed by atoms with E-state index in [1.54, 1.807) is 22.8 Å². The molecule has 2 aromatic heterocycles. The van der Waals surface area contributed by atoms with Crippen molar-refractivity contribution < 1.29 is 9.18 Å². The Hall–Kier alpha value is -5.34. The third-order valence-corrected chi connectivity index (χ3v) is 7.50. The van der Waals surface area contributed by atoms with Crippen molar-refractivity contribution in [2.75, 3.05) is 17.2 Å². The van der Waals surface area contributed by atoms with E-state index in [1.165, 1.54) is 23.3 Å². The molecule has 0 spiro atoms. The van der Waals surface area contributed by atoms with E-state index in [4.69, 9.17) is 4.98 Å². The van der Waals surface area contributed by atoms with Gasteiger partial charge in [-0.05, 0) is 95.9 Å². The number of nitrogens with zero attached hydrogens (tertiary/aromatic N) is 3. The highest BCUT2D eigenvalue weighted by Crippen LogP contribution is 2.27. The first-order chi connectivity index (χ1) is 20.6. The summed E-state index contributed by atoms with van der Waals surface area (Å²) in [7, 11) is 0. The molecule has 1 aliphatic heterocycles. The number of halogens is 1. The normalized spacial score (nSPS) is 12.6. The largest absolute Gasteiger partial charge is 0.324 e. The Kier molecular flexibility index (Phi) is 6.65. The molecular weight excluding hydrogens is 527 g/mol. The zero-order chi connectivity index (χ0) is 28.5. The highest BCUT2D eigenvalue weighted by molar-refractivity contribution is 6.04. The van der Waals surface area contributed by atoms with Crippen LogP contribution in [0.2, 0.25) is 0 Å². The quantitative estimate of drug-likeness (QED) is 0.210. The molecule has 206 valence electrons. The Morgan fingerprint density at radius 1 is 0.786 bits per heavy atom. The average Bonchev–Trinajstić information content (AvgIpc) is 3.52. The van der Waals surface area contributed by atoms with Gasteiger partial charge in [0.2, 0.25) is 5.95 Å². The molecule has 6 aromatic rings. The Balaban J connectivity index is 1.09. The number of anilines is 3. The average molecular weight is 555 g/mol. The predicted octanol–water partition coefficient (Wildman–Crippen LogP) is 6.84. The van der Waals surface area contributed by atoms with Gasteiger partial charge in [-0.25, -0.2) is 13.9 Å². The highest BCUT2D eigenvalue weighted by Gasteiger charge is 2.14. The molecule has 4 aromatic carbocycles. The van der Waals surface area contributed by atoms with Crippen LogP contribution in [0.5, 0.6) is 0 Å². The molecule has 7 rings (SSSR count). The van der Waals surface area contributed by atoms with Gasteiger partial charge in [0.15, 0.2) is 0 Å². The van der Waals surface area contributed by atoms with Gasteiger partial charge in [-0.15, -0.1) is 0 Å². The number of nitrogens with one attached hydrogen (secondary N) is 3. The maximum atomic E-state index is 13.3. The predicted molar refractivity (Wildman–Crippen MR) is 163 cm³/mol. The SMILES string of the molecule is O=C(Nc1ccc(Nc2nc(-c3ccc(-c4ccc(F)cc4)cc3)cc3ccnn23)cc1)c1ccc2c(c1)CCNC2. The van der Waals surface area contributed by atoms with Gasteiger partial charge < -0.3 is 16.0 Å². The monoisotopic (exact) mass is 554 g/mol. The van der Waals surface area contributed by atoms with Gasteiger partial charge in [-0.1, -0.05) is 42.5 Å². The van der Waals surface area contributed by atoms with Crippen molar-refractivity contribution >= 4 is 28.7 Å². The van der Waals surface area contributed by atoms with E-state index in [2.05, 4.69) is 21.0 Å². The summed E-state index contributed by atoms with van der Waals surface area (Å²) >= 11 is 0. The van der Waals surface area contributed by atoms with Crippen LogP contribution >= 0.6 is 0 Å². The van der Waals surface area contributed by atoms with Crippen molar-refractivity contribution in [1.82, 2.24) is 19.9 Å². The minimum atomic E-state index is -0.253. The van der Waals surface area contributed by atoms with E-state index in [9.17, 15) is 9.18 Å². The van der Waals surface area contributed by atoms with Gasteiger partial charge in [0.25, 0.3) is 5.91 Å². The minimum Gasteiger partial charge on any atom is -0.324 e. The molecular formula is C34H27FN6O. The fourth-order valence-electron chi connectivity index (χ4n) is 5.23. The van der Waals surface area contributed by atoms with Gasteiger partial charge in [0.05, 0.1) is 17.4 Å². The maximum absolute atomic E-state index is 13.3. The third-order valence-electron chi connectivity index (χ3n) is 7.50. The molecule has 42 heavy (non-hydrogen) atoms. The standard InChI is InChI=1S/C34H27FN6O/c35-28-9-7-23(8-10-28)22-1-3-24(4-2-22)32-20-31-16-18-37-41(31)34(40-32)39-30-13-11-29(12-14-30)38-33(42)26-5-6-27-21-36-17-15-25(27)19-26/h1-14,16,18-20,36H,15,17,21H2,(H,38,42)(H,39,40). The van der Waals surface area contributed by atoms with E-state index < -0.39 is 0 Å². The number of amides is 1. The lowest BCUT2D eigenvalue weighted by Crippen LogP contribution is -2.24. The van der Waals surface area contributed by atoms with Crippen LogP contribution in [0.3, 0.4) is 0 Å². The Morgan fingerprint density at radius 2 is 1.50 bits per heavy atom. The van der Waals surface area contributed by atoms with Crippen LogP contribution in [-0.2, 0) is 13.0 Å². The molecule has 0 atom stereocenters. The van der Waals surface area contributed by atoms with Gasteiger partial charge in [-0.3, -0.25) is 4.79 Å². The number of rotatable bonds is 6. The maximum Gasteiger partial charge on any atom is 0.255 e. The van der Waals surface area contributed by atoms with Crippen molar-refractivity contribution in [2.24, 2.45) is 0 Å². The van der Waals surface area contributed by atoms with Crippen LogP contribution in [0.15, 0.2) is 109 Å². The Bertz CT molecular complexity index is 1900. The molecule has 7 nitrogen and oxygen atoms in total. The van der Waals surface area contributed by atoms with Crippen molar-refractivity contribution in [3.63, 3.8) is 0 Å². The number of aromatic nitrogens is 3. The molecule has 0 saturated heterocycles. The topological polar surface area (TPSA) is 83.3 Å². The molecule has 0 aliphatic carbocycles. The summed E-state index contributed by atoms with van der Waals surface area (Å²) in [5, 5.41) is 14.2. The van der Waals surface area contributed by atoms with E-state index >= 15 is 0 Å². The third kappa shape index (κ3) is 5.23. The molecule has 1 aliphatic rings. The number of benzene rings is 4. The van der Waals surface area contributed by atoms with Gasteiger partial charge >= 0.3 is 0 Å².